The van der Waals surface area contributed by atoms with Gasteiger partial charge >= 0.3 is 0 Å². The third-order valence-electron chi connectivity index (χ3n) is 6.60. The normalized spacial score (nSPS) is 16.2. The maximum atomic E-state index is 12.6. The number of hydrogen-bond acceptors (Lipinski definition) is 5. The minimum atomic E-state index is -0.109. The van der Waals surface area contributed by atoms with Crippen molar-refractivity contribution in [3.63, 3.8) is 0 Å². The van der Waals surface area contributed by atoms with Crippen LogP contribution in [0.2, 0.25) is 0 Å². The third-order valence-corrected chi connectivity index (χ3v) is 8.65. The lowest BCUT2D eigenvalue weighted by atomic mass is 9.69. The summed E-state index contributed by atoms with van der Waals surface area (Å²) in [6.45, 7) is 8.96. The summed E-state index contributed by atoms with van der Waals surface area (Å²) < 4.78 is 0. The van der Waals surface area contributed by atoms with Gasteiger partial charge < -0.3 is 10.3 Å². The first-order valence-corrected chi connectivity index (χ1v) is 12.5. The van der Waals surface area contributed by atoms with Crippen LogP contribution in [0, 0.1) is 29.6 Å². The second kappa shape index (κ2) is 8.68. The van der Waals surface area contributed by atoms with Crippen LogP contribution in [0.25, 0.3) is 11.0 Å². The maximum Gasteiger partial charge on any atom is 0.235 e. The van der Waals surface area contributed by atoms with Crippen molar-refractivity contribution in [3.05, 3.63) is 39.8 Å². The molecule has 4 rings (SSSR count). The monoisotopic (exact) mass is 452 g/mol. The van der Waals surface area contributed by atoms with Gasteiger partial charge in [-0.1, -0.05) is 45.0 Å². The maximum absolute atomic E-state index is 12.6. The van der Waals surface area contributed by atoms with E-state index in [2.05, 4.69) is 48.2 Å². The Kier molecular flexibility index (Phi) is 6.14. The number of thioether (sulfide) groups is 1. The van der Waals surface area contributed by atoms with Crippen LogP contribution in [-0.4, -0.2) is 21.6 Å². The summed E-state index contributed by atoms with van der Waals surface area (Å²) in [5.74, 6) is 0.755. The fourth-order valence-corrected chi connectivity index (χ4v) is 6.19. The van der Waals surface area contributed by atoms with Crippen molar-refractivity contribution in [2.24, 2.45) is 11.3 Å². The Morgan fingerprint density at radius 3 is 3.00 bits per heavy atom. The lowest BCUT2D eigenvalue weighted by molar-refractivity contribution is -0.113. The molecule has 31 heavy (non-hydrogen) atoms. The second-order valence-corrected chi connectivity index (χ2v) is 11.1. The van der Waals surface area contributed by atoms with E-state index in [1.165, 1.54) is 22.2 Å². The molecule has 1 amide bonds. The van der Waals surface area contributed by atoms with Gasteiger partial charge in [0.1, 0.15) is 11.1 Å². The Morgan fingerprint density at radius 2 is 2.26 bits per heavy atom. The number of carbonyl (C=O) groups is 1. The number of aromatic amines is 1. The number of nitrogens with zero attached hydrogens (tertiary/aromatic N) is 2. The number of nitriles is 1. The standard InChI is InChI=1S/C24H28N4OS2/c1-5-24(3,4)15-7-8-16-17(12-25)22(31-20(16)11-15)28-21(29)13-30-23-26-18-9-6-14(2)10-19(18)27-23/h6,9-10,15H,5,7-8,11,13H2,1-4H3,(H,26,27)(H,28,29). The van der Waals surface area contributed by atoms with Gasteiger partial charge in [-0.3, -0.25) is 4.79 Å². The molecule has 162 valence electrons. The molecule has 0 saturated heterocycles. The van der Waals surface area contributed by atoms with Crippen molar-refractivity contribution in [1.82, 2.24) is 9.97 Å². The van der Waals surface area contributed by atoms with E-state index in [4.69, 9.17) is 0 Å². The highest BCUT2D eigenvalue weighted by Crippen LogP contribution is 2.45. The van der Waals surface area contributed by atoms with E-state index in [1.54, 1.807) is 11.3 Å². The van der Waals surface area contributed by atoms with Crippen LogP contribution in [-0.2, 0) is 17.6 Å². The van der Waals surface area contributed by atoms with Crippen LogP contribution in [0.1, 0.15) is 55.2 Å². The molecule has 0 aliphatic heterocycles. The zero-order valence-electron chi connectivity index (χ0n) is 18.5. The minimum Gasteiger partial charge on any atom is -0.333 e. The minimum absolute atomic E-state index is 0.109. The molecule has 1 aliphatic carbocycles. The zero-order chi connectivity index (χ0) is 22.2. The lowest BCUT2D eigenvalue weighted by Crippen LogP contribution is -2.28. The van der Waals surface area contributed by atoms with Gasteiger partial charge in [-0.15, -0.1) is 11.3 Å². The highest BCUT2D eigenvalue weighted by molar-refractivity contribution is 7.99. The average Bonchev–Trinajstić information content (AvgIpc) is 3.31. The van der Waals surface area contributed by atoms with E-state index in [1.807, 2.05) is 19.1 Å². The zero-order valence-corrected chi connectivity index (χ0v) is 20.1. The number of rotatable bonds is 6. The topological polar surface area (TPSA) is 81.6 Å². The van der Waals surface area contributed by atoms with E-state index in [9.17, 15) is 10.1 Å². The Morgan fingerprint density at radius 1 is 1.45 bits per heavy atom. The number of thiophene rings is 1. The SMILES string of the molecule is CCC(C)(C)C1CCc2c(sc(NC(=O)CSc3nc4ccc(C)cc4[nH]3)c2C#N)C1. The summed E-state index contributed by atoms with van der Waals surface area (Å²) in [6, 6.07) is 8.40. The first kappa shape index (κ1) is 21.9. The molecular formula is C24H28N4OS2. The van der Waals surface area contributed by atoms with Crippen molar-refractivity contribution in [3.8, 4) is 6.07 Å². The van der Waals surface area contributed by atoms with Crippen LogP contribution in [0.15, 0.2) is 23.4 Å². The highest BCUT2D eigenvalue weighted by atomic mass is 32.2. The van der Waals surface area contributed by atoms with Crippen LogP contribution in [0.4, 0.5) is 5.00 Å². The molecule has 0 radical (unpaired) electrons. The fraction of sp³-hybridized carbons (Fsp3) is 0.458. The van der Waals surface area contributed by atoms with Crippen molar-refractivity contribution in [1.29, 1.82) is 5.26 Å². The predicted molar refractivity (Wildman–Crippen MR) is 129 cm³/mol. The van der Waals surface area contributed by atoms with Gasteiger partial charge in [-0.2, -0.15) is 5.26 Å². The third kappa shape index (κ3) is 4.51. The number of anilines is 1. The number of carbonyl (C=O) groups excluding carboxylic acids is 1. The number of aryl methyl sites for hydroxylation is 1. The van der Waals surface area contributed by atoms with Crippen molar-refractivity contribution >= 4 is 45.0 Å². The summed E-state index contributed by atoms with van der Waals surface area (Å²) in [4.78, 5) is 21.7. The average molecular weight is 453 g/mol. The number of amides is 1. The van der Waals surface area contributed by atoms with E-state index in [-0.39, 0.29) is 11.7 Å². The smallest absolute Gasteiger partial charge is 0.235 e. The largest absolute Gasteiger partial charge is 0.333 e. The molecule has 0 saturated carbocycles. The van der Waals surface area contributed by atoms with Crippen molar-refractivity contribution in [2.75, 3.05) is 11.1 Å². The Bertz CT molecular complexity index is 1170. The number of benzene rings is 1. The summed E-state index contributed by atoms with van der Waals surface area (Å²) >= 11 is 2.96. The van der Waals surface area contributed by atoms with Crippen molar-refractivity contribution < 1.29 is 4.79 Å². The molecule has 7 heteroatoms. The first-order chi connectivity index (χ1) is 14.8. The molecule has 2 aromatic heterocycles. The Hall–Kier alpha value is -2.30. The molecule has 3 aromatic rings. The van der Waals surface area contributed by atoms with Gasteiger partial charge in [0, 0.05) is 4.88 Å². The molecule has 1 aromatic carbocycles. The van der Waals surface area contributed by atoms with Gasteiger partial charge in [0.2, 0.25) is 5.91 Å². The Balaban J connectivity index is 1.44. The van der Waals surface area contributed by atoms with Gasteiger partial charge in [-0.05, 0) is 60.8 Å². The van der Waals surface area contributed by atoms with Gasteiger partial charge in [-0.25, -0.2) is 4.98 Å². The summed E-state index contributed by atoms with van der Waals surface area (Å²) in [7, 11) is 0. The molecule has 1 atom stereocenters. The van der Waals surface area contributed by atoms with Gasteiger partial charge in [0.25, 0.3) is 0 Å². The van der Waals surface area contributed by atoms with Crippen LogP contribution < -0.4 is 5.32 Å². The molecule has 0 bridgehead atoms. The molecule has 5 nitrogen and oxygen atoms in total. The number of hydrogen-bond donors (Lipinski definition) is 2. The number of nitrogens with one attached hydrogen (secondary N) is 2. The Labute approximate surface area is 191 Å². The quantitative estimate of drug-likeness (QED) is 0.444. The second-order valence-electron chi connectivity index (χ2n) is 9.00. The number of imidazole rings is 1. The highest BCUT2D eigenvalue weighted by Gasteiger charge is 2.34. The molecule has 0 fully saturated rings. The molecule has 0 spiro atoms. The number of aromatic nitrogens is 2. The first-order valence-electron chi connectivity index (χ1n) is 10.7. The predicted octanol–water partition coefficient (Wildman–Crippen LogP) is 6.08. The van der Waals surface area contributed by atoms with E-state index in [0.717, 1.165) is 47.4 Å². The molecule has 1 unspecified atom stereocenters. The molecule has 2 N–H and O–H groups in total. The van der Waals surface area contributed by atoms with Crippen molar-refractivity contribution in [2.45, 2.75) is 58.5 Å². The van der Waals surface area contributed by atoms with E-state index >= 15 is 0 Å². The summed E-state index contributed by atoms with van der Waals surface area (Å²) in [5.41, 5.74) is 5.14. The summed E-state index contributed by atoms with van der Waals surface area (Å²) in [6.07, 6.45) is 4.17. The molecular weight excluding hydrogens is 424 g/mol. The van der Waals surface area contributed by atoms with E-state index < -0.39 is 0 Å². The van der Waals surface area contributed by atoms with Gasteiger partial charge in [0.15, 0.2) is 5.16 Å². The van der Waals surface area contributed by atoms with Crippen LogP contribution >= 0.6 is 23.1 Å². The number of fused-ring (bicyclic) bond motifs is 2. The summed E-state index contributed by atoms with van der Waals surface area (Å²) in [5, 5.41) is 14.2. The fourth-order valence-electron chi connectivity index (χ4n) is 4.21. The van der Waals surface area contributed by atoms with Gasteiger partial charge in [0.05, 0.1) is 22.3 Å². The molecule has 2 heterocycles. The number of H-pyrrole nitrogens is 1. The molecule has 1 aliphatic rings. The van der Waals surface area contributed by atoms with Crippen LogP contribution in [0.3, 0.4) is 0 Å². The van der Waals surface area contributed by atoms with E-state index in [0.29, 0.717) is 21.9 Å². The van der Waals surface area contributed by atoms with Crippen LogP contribution in [0.5, 0.6) is 0 Å². The lowest BCUT2D eigenvalue weighted by Gasteiger charge is -2.36.